The van der Waals surface area contributed by atoms with E-state index in [1.165, 1.54) is 0 Å². The summed E-state index contributed by atoms with van der Waals surface area (Å²) >= 11 is 6.06. The van der Waals surface area contributed by atoms with Crippen molar-refractivity contribution in [3.63, 3.8) is 0 Å². The number of halogens is 2. The van der Waals surface area contributed by atoms with Gasteiger partial charge in [-0.2, -0.15) is 0 Å². The molecule has 1 aromatic rings. The Bertz CT molecular complexity index is 653. The number of ether oxygens (including phenoxy) is 1. The Morgan fingerprint density at radius 3 is 2.82 bits per heavy atom. The third-order valence-corrected chi connectivity index (χ3v) is 5.54. The van der Waals surface area contributed by atoms with Gasteiger partial charge in [-0.15, -0.1) is 12.4 Å². The minimum absolute atomic E-state index is 0. The molecule has 2 aliphatic heterocycles. The van der Waals surface area contributed by atoms with Gasteiger partial charge in [0.2, 0.25) is 11.8 Å². The van der Waals surface area contributed by atoms with E-state index in [1.807, 2.05) is 17.0 Å². The van der Waals surface area contributed by atoms with Crippen LogP contribution in [-0.2, 0) is 9.59 Å². The zero-order chi connectivity index (χ0) is 19.1. The summed E-state index contributed by atoms with van der Waals surface area (Å²) in [6.45, 7) is 3.34. The summed E-state index contributed by atoms with van der Waals surface area (Å²) in [4.78, 5) is 26.5. The molecule has 0 bridgehead atoms. The van der Waals surface area contributed by atoms with Crippen LogP contribution in [0.15, 0.2) is 24.3 Å². The number of nitrogens with one attached hydrogen (secondary N) is 2. The maximum atomic E-state index is 12.5. The SMILES string of the molecule is Cl.O=C(NCC1CCCN(C(=O)CCOc2ccccc2Cl)C1)C1CCCN1. The lowest BCUT2D eigenvalue weighted by Gasteiger charge is -2.33. The Labute approximate surface area is 177 Å². The second-order valence-corrected chi connectivity index (χ2v) is 7.68. The van der Waals surface area contributed by atoms with Crippen LogP contribution in [0, 0.1) is 5.92 Å². The van der Waals surface area contributed by atoms with Gasteiger partial charge in [-0.1, -0.05) is 23.7 Å². The Balaban J connectivity index is 0.00000280. The third kappa shape index (κ3) is 6.54. The third-order valence-electron chi connectivity index (χ3n) is 5.22. The number of nitrogens with zero attached hydrogens (tertiary/aromatic N) is 1. The largest absolute Gasteiger partial charge is 0.491 e. The van der Waals surface area contributed by atoms with E-state index in [2.05, 4.69) is 10.6 Å². The highest BCUT2D eigenvalue weighted by molar-refractivity contribution is 6.32. The van der Waals surface area contributed by atoms with Crippen molar-refractivity contribution in [1.82, 2.24) is 15.5 Å². The molecule has 1 aromatic carbocycles. The molecule has 2 aliphatic rings. The normalized spacial score (nSPS) is 21.7. The molecule has 2 amide bonds. The number of amides is 2. The fourth-order valence-electron chi connectivity index (χ4n) is 3.70. The van der Waals surface area contributed by atoms with Crippen molar-refractivity contribution in [3.8, 4) is 5.75 Å². The van der Waals surface area contributed by atoms with Crippen molar-refractivity contribution in [2.24, 2.45) is 5.92 Å². The molecule has 0 radical (unpaired) electrons. The summed E-state index contributed by atoms with van der Waals surface area (Å²) in [5.74, 6) is 1.10. The summed E-state index contributed by atoms with van der Waals surface area (Å²) in [5.41, 5.74) is 0. The predicted molar refractivity (Wildman–Crippen MR) is 112 cm³/mol. The van der Waals surface area contributed by atoms with Gasteiger partial charge >= 0.3 is 0 Å². The first-order valence-corrected chi connectivity index (χ1v) is 10.2. The number of carbonyl (C=O) groups is 2. The molecule has 0 aromatic heterocycles. The first kappa shape index (κ1) is 22.8. The van der Waals surface area contributed by atoms with Gasteiger partial charge in [0.25, 0.3) is 0 Å². The Hall–Kier alpha value is -1.50. The van der Waals surface area contributed by atoms with Crippen LogP contribution in [0.5, 0.6) is 5.75 Å². The molecular weight excluding hydrogens is 401 g/mol. The van der Waals surface area contributed by atoms with Gasteiger partial charge in [-0.05, 0) is 50.3 Å². The molecule has 2 unspecified atom stereocenters. The quantitative estimate of drug-likeness (QED) is 0.698. The first-order chi connectivity index (χ1) is 13.1. The van der Waals surface area contributed by atoms with Crippen LogP contribution in [0.3, 0.4) is 0 Å². The lowest BCUT2D eigenvalue weighted by Crippen LogP contribution is -2.46. The maximum absolute atomic E-state index is 12.5. The number of para-hydroxylation sites is 1. The fourth-order valence-corrected chi connectivity index (χ4v) is 3.89. The molecule has 156 valence electrons. The van der Waals surface area contributed by atoms with Gasteiger partial charge < -0.3 is 20.3 Å². The highest BCUT2D eigenvalue weighted by Gasteiger charge is 2.26. The Morgan fingerprint density at radius 1 is 1.25 bits per heavy atom. The van der Waals surface area contributed by atoms with Crippen LogP contribution in [0.1, 0.15) is 32.1 Å². The Morgan fingerprint density at radius 2 is 2.07 bits per heavy atom. The Kier molecular flexibility index (Phi) is 9.35. The van der Waals surface area contributed by atoms with Crippen LogP contribution in [-0.4, -0.2) is 55.5 Å². The number of hydrogen-bond acceptors (Lipinski definition) is 4. The molecule has 28 heavy (non-hydrogen) atoms. The zero-order valence-corrected chi connectivity index (χ0v) is 17.6. The molecule has 2 N–H and O–H groups in total. The van der Waals surface area contributed by atoms with Gasteiger partial charge in [0.05, 0.1) is 24.1 Å². The van der Waals surface area contributed by atoms with Crippen molar-refractivity contribution in [2.75, 3.05) is 32.8 Å². The highest BCUT2D eigenvalue weighted by atomic mass is 35.5. The van der Waals surface area contributed by atoms with Crippen molar-refractivity contribution < 1.29 is 14.3 Å². The molecular formula is C20H29Cl2N3O3. The fraction of sp³-hybridized carbons (Fsp3) is 0.600. The molecule has 0 aliphatic carbocycles. The van der Waals surface area contributed by atoms with Crippen LogP contribution < -0.4 is 15.4 Å². The maximum Gasteiger partial charge on any atom is 0.237 e. The zero-order valence-electron chi connectivity index (χ0n) is 16.0. The van der Waals surface area contributed by atoms with Crippen LogP contribution in [0.2, 0.25) is 5.02 Å². The summed E-state index contributed by atoms with van der Waals surface area (Å²) in [7, 11) is 0. The van der Waals surface area contributed by atoms with E-state index < -0.39 is 0 Å². The molecule has 6 nitrogen and oxygen atoms in total. The highest BCUT2D eigenvalue weighted by Crippen LogP contribution is 2.23. The number of hydrogen-bond donors (Lipinski definition) is 2. The second kappa shape index (κ2) is 11.5. The summed E-state index contributed by atoms with van der Waals surface area (Å²) in [6, 6.07) is 7.21. The smallest absolute Gasteiger partial charge is 0.237 e. The number of rotatable bonds is 7. The van der Waals surface area contributed by atoms with Gasteiger partial charge in [0, 0.05) is 19.6 Å². The molecule has 2 fully saturated rings. The molecule has 2 heterocycles. The molecule has 0 saturated carbocycles. The standard InChI is InChI=1S/C20H28ClN3O3.ClH/c21-16-6-1-2-8-18(16)27-12-9-19(25)24-11-4-5-15(14-24)13-23-20(26)17-7-3-10-22-17;/h1-2,6,8,15,17,22H,3-5,7,9-14H2,(H,23,26);1H. The monoisotopic (exact) mass is 429 g/mol. The van der Waals surface area contributed by atoms with Crippen molar-refractivity contribution in [2.45, 2.75) is 38.1 Å². The van der Waals surface area contributed by atoms with E-state index in [9.17, 15) is 9.59 Å². The average molecular weight is 430 g/mol. The minimum Gasteiger partial charge on any atom is -0.491 e. The van der Waals surface area contributed by atoms with E-state index in [0.29, 0.717) is 42.8 Å². The number of carbonyl (C=O) groups excluding carboxylic acids is 2. The van der Waals surface area contributed by atoms with Crippen LogP contribution in [0.25, 0.3) is 0 Å². The van der Waals surface area contributed by atoms with Gasteiger partial charge in [0.1, 0.15) is 5.75 Å². The summed E-state index contributed by atoms with van der Waals surface area (Å²) in [6.07, 6.45) is 4.31. The molecule has 0 spiro atoms. The van der Waals surface area contributed by atoms with Crippen molar-refractivity contribution in [3.05, 3.63) is 29.3 Å². The van der Waals surface area contributed by atoms with E-state index >= 15 is 0 Å². The predicted octanol–water partition coefficient (Wildman–Crippen LogP) is 2.64. The van der Waals surface area contributed by atoms with E-state index in [1.54, 1.807) is 12.1 Å². The molecule has 8 heteroatoms. The van der Waals surface area contributed by atoms with E-state index in [0.717, 1.165) is 38.8 Å². The van der Waals surface area contributed by atoms with Crippen LogP contribution in [0.4, 0.5) is 0 Å². The van der Waals surface area contributed by atoms with Gasteiger partial charge in [0.15, 0.2) is 0 Å². The second-order valence-electron chi connectivity index (χ2n) is 7.27. The molecule has 3 rings (SSSR count). The molecule has 2 saturated heterocycles. The number of benzene rings is 1. The first-order valence-electron chi connectivity index (χ1n) is 9.79. The van der Waals surface area contributed by atoms with Crippen molar-refractivity contribution in [1.29, 1.82) is 0 Å². The van der Waals surface area contributed by atoms with Crippen molar-refractivity contribution >= 4 is 35.8 Å². The average Bonchev–Trinajstić information content (AvgIpc) is 3.23. The number of likely N-dealkylation sites (tertiary alicyclic amines) is 1. The van der Waals surface area contributed by atoms with E-state index in [-0.39, 0.29) is 30.3 Å². The minimum atomic E-state index is -0.0479. The van der Waals surface area contributed by atoms with Gasteiger partial charge in [-0.25, -0.2) is 0 Å². The topological polar surface area (TPSA) is 70.7 Å². The lowest BCUT2D eigenvalue weighted by molar-refractivity contribution is -0.133. The summed E-state index contributed by atoms with van der Waals surface area (Å²) in [5, 5.41) is 6.81. The lowest BCUT2D eigenvalue weighted by atomic mass is 9.97. The molecule has 2 atom stereocenters. The summed E-state index contributed by atoms with van der Waals surface area (Å²) < 4.78 is 5.62. The van der Waals surface area contributed by atoms with E-state index in [4.69, 9.17) is 16.3 Å². The van der Waals surface area contributed by atoms with Gasteiger partial charge in [-0.3, -0.25) is 9.59 Å². The number of piperidine rings is 1. The van der Waals surface area contributed by atoms with Crippen LogP contribution >= 0.6 is 24.0 Å².